The smallest absolute Gasteiger partial charge is 0.273 e. The van der Waals surface area contributed by atoms with Crippen molar-refractivity contribution in [1.29, 1.82) is 0 Å². The summed E-state index contributed by atoms with van der Waals surface area (Å²) in [6.07, 6.45) is 3.32. The van der Waals surface area contributed by atoms with Gasteiger partial charge >= 0.3 is 0 Å². The van der Waals surface area contributed by atoms with Crippen LogP contribution in [0.4, 0.5) is 17.2 Å². The standard InChI is InChI=1S/C28H27N5O3/c1-28(2,3)23-14-13-19(17-25(23)33(35)36)21-10-4-5-12-24(21)32-27(34)22-11-8-16-30-26(22)31-18-20-9-6-7-15-29-20/h4-17H,18H2,1-3H3,(H,30,31)(H,32,34). The van der Waals surface area contributed by atoms with Crippen LogP contribution in [0.25, 0.3) is 11.1 Å². The van der Waals surface area contributed by atoms with Crippen LogP contribution in [-0.2, 0) is 12.0 Å². The van der Waals surface area contributed by atoms with Crippen molar-refractivity contribution < 1.29 is 9.72 Å². The van der Waals surface area contributed by atoms with E-state index in [-0.39, 0.29) is 21.9 Å². The predicted octanol–water partition coefficient (Wildman–Crippen LogP) is 6.21. The predicted molar refractivity (Wildman–Crippen MR) is 141 cm³/mol. The first-order valence-electron chi connectivity index (χ1n) is 11.5. The van der Waals surface area contributed by atoms with Crippen LogP contribution in [-0.4, -0.2) is 20.8 Å². The molecule has 0 fully saturated rings. The van der Waals surface area contributed by atoms with Crippen LogP contribution in [0.3, 0.4) is 0 Å². The highest BCUT2D eigenvalue weighted by atomic mass is 16.6. The number of nitrogens with one attached hydrogen (secondary N) is 2. The molecule has 0 aliphatic carbocycles. The number of benzene rings is 2. The van der Waals surface area contributed by atoms with Gasteiger partial charge in [0, 0.05) is 35.3 Å². The molecule has 0 atom stereocenters. The lowest BCUT2D eigenvalue weighted by molar-refractivity contribution is -0.385. The number of pyridine rings is 2. The number of hydrogen-bond donors (Lipinski definition) is 2. The van der Waals surface area contributed by atoms with Crippen LogP contribution in [0.15, 0.2) is 85.2 Å². The summed E-state index contributed by atoms with van der Waals surface area (Å²) in [7, 11) is 0. The van der Waals surface area contributed by atoms with E-state index in [1.54, 1.807) is 48.8 Å². The van der Waals surface area contributed by atoms with E-state index in [0.29, 0.717) is 40.3 Å². The van der Waals surface area contributed by atoms with Crippen molar-refractivity contribution in [2.75, 3.05) is 10.6 Å². The Balaban J connectivity index is 1.62. The van der Waals surface area contributed by atoms with Gasteiger partial charge in [-0.3, -0.25) is 19.9 Å². The van der Waals surface area contributed by atoms with Crippen LogP contribution in [0.2, 0.25) is 0 Å². The number of amides is 1. The normalized spacial score (nSPS) is 11.1. The van der Waals surface area contributed by atoms with Crippen LogP contribution >= 0.6 is 0 Å². The quantitative estimate of drug-likeness (QED) is 0.240. The Labute approximate surface area is 209 Å². The number of hydrogen-bond acceptors (Lipinski definition) is 6. The van der Waals surface area contributed by atoms with Crippen LogP contribution in [0.5, 0.6) is 0 Å². The zero-order valence-electron chi connectivity index (χ0n) is 20.4. The van der Waals surface area contributed by atoms with Gasteiger partial charge in [-0.2, -0.15) is 0 Å². The van der Waals surface area contributed by atoms with E-state index < -0.39 is 0 Å². The molecule has 0 spiro atoms. The lowest BCUT2D eigenvalue weighted by atomic mass is 9.84. The van der Waals surface area contributed by atoms with E-state index in [1.165, 1.54) is 0 Å². The Kier molecular flexibility index (Phi) is 7.05. The van der Waals surface area contributed by atoms with Crippen molar-refractivity contribution in [2.24, 2.45) is 0 Å². The highest BCUT2D eigenvalue weighted by Crippen LogP contribution is 2.37. The highest BCUT2D eigenvalue weighted by molar-refractivity contribution is 6.09. The summed E-state index contributed by atoms with van der Waals surface area (Å²) < 4.78 is 0. The van der Waals surface area contributed by atoms with Crippen molar-refractivity contribution >= 4 is 23.1 Å². The van der Waals surface area contributed by atoms with Gasteiger partial charge in [0.15, 0.2) is 0 Å². The number of rotatable bonds is 7. The Morgan fingerprint density at radius 1 is 0.944 bits per heavy atom. The Morgan fingerprint density at radius 2 is 1.69 bits per heavy atom. The maximum atomic E-state index is 13.3. The molecule has 2 heterocycles. The maximum absolute atomic E-state index is 13.3. The second kappa shape index (κ2) is 10.4. The van der Waals surface area contributed by atoms with E-state index in [1.807, 2.05) is 57.2 Å². The summed E-state index contributed by atoms with van der Waals surface area (Å²) in [4.78, 5) is 33.3. The molecule has 0 aliphatic rings. The number of nitrogens with zero attached hydrogens (tertiary/aromatic N) is 3. The number of nitro groups is 1. The zero-order chi connectivity index (χ0) is 25.7. The summed E-state index contributed by atoms with van der Waals surface area (Å²) in [5.74, 6) is 0.0863. The van der Waals surface area contributed by atoms with E-state index in [2.05, 4.69) is 20.6 Å². The van der Waals surface area contributed by atoms with Crippen molar-refractivity contribution in [1.82, 2.24) is 9.97 Å². The topological polar surface area (TPSA) is 110 Å². The Hall–Kier alpha value is -4.59. The van der Waals surface area contributed by atoms with Gasteiger partial charge in [0.1, 0.15) is 5.82 Å². The van der Waals surface area contributed by atoms with Gasteiger partial charge in [-0.15, -0.1) is 0 Å². The number of aromatic nitrogens is 2. The Morgan fingerprint density at radius 3 is 2.42 bits per heavy atom. The molecule has 0 saturated heterocycles. The summed E-state index contributed by atoms with van der Waals surface area (Å²) in [6.45, 7) is 6.24. The van der Waals surface area contributed by atoms with Crippen molar-refractivity contribution in [2.45, 2.75) is 32.7 Å². The molecule has 4 rings (SSSR count). The highest BCUT2D eigenvalue weighted by Gasteiger charge is 2.25. The van der Waals surface area contributed by atoms with E-state index in [4.69, 9.17) is 0 Å². The molecule has 0 radical (unpaired) electrons. The van der Waals surface area contributed by atoms with Gasteiger partial charge in [0.25, 0.3) is 11.6 Å². The summed E-state index contributed by atoms with van der Waals surface area (Å²) in [5.41, 5.74) is 3.38. The average Bonchev–Trinajstić information content (AvgIpc) is 2.87. The molecule has 0 saturated carbocycles. The first-order chi connectivity index (χ1) is 17.2. The third-order valence-corrected chi connectivity index (χ3v) is 5.70. The molecule has 182 valence electrons. The molecule has 8 heteroatoms. The maximum Gasteiger partial charge on any atom is 0.273 e. The molecule has 4 aromatic rings. The van der Waals surface area contributed by atoms with Crippen LogP contribution < -0.4 is 10.6 Å². The molecule has 0 unspecified atom stereocenters. The average molecular weight is 482 g/mol. The van der Waals surface area contributed by atoms with Gasteiger partial charge in [-0.05, 0) is 41.3 Å². The SMILES string of the molecule is CC(C)(C)c1ccc(-c2ccccc2NC(=O)c2cccnc2NCc2ccccn2)cc1[N+](=O)[O-]. The molecule has 0 bridgehead atoms. The minimum atomic E-state index is -0.381. The fraction of sp³-hybridized carbons (Fsp3) is 0.179. The minimum absolute atomic E-state index is 0.0504. The van der Waals surface area contributed by atoms with Gasteiger partial charge < -0.3 is 10.6 Å². The second-order valence-electron chi connectivity index (χ2n) is 9.31. The fourth-order valence-corrected chi connectivity index (χ4v) is 3.92. The molecule has 2 aromatic carbocycles. The van der Waals surface area contributed by atoms with Gasteiger partial charge in [-0.1, -0.05) is 57.2 Å². The number of para-hydroxylation sites is 1. The molecule has 2 aromatic heterocycles. The first kappa shape index (κ1) is 24.5. The zero-order valence-corrected chi connectivity index (χ0v) is 20.4. The lowest BCUT2D eigenvalue weighted by Crippen LogP contribution is -2.16. The largest absolute Gasteiger partial charge is 0.364 e. The summed E-state index contributed by atoms with van der Waals surface area (Å²) >= 11 is 0. The van der Waals surface area contributed by atoms with E-state index >= 15 is 0 Å². The minimum Gasteiger partial charge on any atom is -0.364 e. The van der Waals surface area contributed by atoms with Crippen molar-refractivity contribution in [3.05, 3.63) is 112 Å². The van der Waals surface area contributed by atoms with E-state index in [0.717, 1.165) is 5.69 Å². The molecular weight excluding hydrogens is 454 g/mol. The monoisotopic (exact) mass is 481 g/mol. The third kappa shape index (κ3) is 5.55. The fourth-order valence-electron chi connectivity index (χ4n) is 3.92. The third-order valence-electron chi connectivity index (χ3n) is 5.70. The van der Waals surface area contributed by atoms with Gasteiger partial charge in [0.05, 0.1) is 22.7 Å². The van der Waals surface area contributed by atoms with Crippen LogP contribution in [0, 0.1) is 10.1 Å². The number of nitro benzene ring substituents is 1. The molecule has 36 heavy (non-hydrogen) atoms. The molecule has 2 N–H and O–H groups in total. The lowest BCUT2D eigenvalue weighted by Gasteiger charge is -2.20. The van der Waals surface area contributed by atoms with Gasteiger partial charge in [-0.25, -0.2) is 4.98 Å². The van der Waals surface area contributed by atoms with Crippen LogP contribution in [0.1, 0.15) is 42.4 Å². The second-order valence-corrected chi connectivity index (χ2v) is 9.31. The summed E-state index contributed by atoms with van der Waals surface area (Å²) in [6, 6.07) is 21.4. The van der Waals surface area contributed by atoms with Gasteiger partial charge in [0.2, 0.25) is 0 Å². The molecule has 0 aliphatic heterocycles. The number of carbonyl (C=O) groups is 1. The molecular formula is C28H27N5O3. The van der Waals surface area contributed by atoms with Crippen molar-refractivity contribution in [3.8, 4) is 11.1 Å². The Bertz CT molecular complexity index is 1400. The molecule has 8 nitrogen and oxygen atoms in total. The first-order valence-corrected chi connectivity index (χ1v) is 11.5. The van der Waals surface area contributed by atoms with E-state index in [9.17, 15) is 14.9 Å². The number of carbonyl (C=O) groups excluding carboxylic acids is 1. The molecule has 1 amide bonds. The summed E-state index contributed by atoms with van der Waals surface area (Å²) in [5, 5.41) is 17.9. The number of anilines is 2. The van der Waals surface area contributed by atoms with Crippen molar-refractivity contribution in [3.63, 3.8) is 0 Å².